The summed E-state index contributed by atoms with van der Waals surface area (Å²) in [6.45, 7) is 2.00. The number of rotatable bonds is 1. The molecule has 0 aromatic carbocycles. The SMILES string of the molecule is Cc1ccnc2c1nc(N)n2C1CCCCC1O. The second kappa shape index (κ2) is 4.24. The molecule has 96 valence electrons. The smallest absolute Gasteiger partial charge is 0.202 e. The molecule has 18 heavy (non-hydrogen) atoms. The van der Waals surface area contributed by atoms with Crippen LogP contribution in [0.3, 0.4) is 0 Å². The number of hydrogen-bond acceptors (Lipinski definition) is 4. The number of aliphatic hydroxyl groups excluding tert-OH is 1. The van der Waals surface area contributed by atoms with E-state index in [1.807, 2.05) is 17.6 Å². The van der Waals surface area contributed by atoms with Crippen LogP contribution in [0.5, 0.6) is 0 Å². The van der Waals surface area contributed by atoms with Crippen molar-refractivity contribution in [2.45, 2.75) is 44.8 Å². The predicted molar refractivity (Wildman–Crippen MR) is 70.2 cm³/mol. The fourth-order valence-electron chi connectivity index (χ4n) is 2.85. The fourth-order valence-corrected chi connectivity index (χ4v) is 2.85. The van der Waals surface area contributed by atoms with Gasteiger partial charge in [-0.3, -0.25) is 4.57 Å². The molecule has 0 radical (unpaired) electrons. The Morgan fingerprint density at radius 1 is 1.39 bits per heavy atom. The highest BCUT2D eigenvalue weighted by atomic mass is 16.3. The van der Waals surface area contributed by atoms with Gasteiger partial charge in [0.1, 0.15) is 5.52 Å². The van der Waals surface area contributed by atoms with Gasteiger partial charge in [0.2, 0.25) is 5.95 Å². The molecule has 0 amide bonds. The molecule has 5 nitrogen and oxygen atoms in total. The fraction of sp³-hybridized carbons (Fsp3) is 0.538. The molecule has 1 fully saturated rings. The summed E-state index contributed by atoms with van der Waals surface area (Å²) in [5.74, 6) is 0.456. The van der Waals surface area contributed by atoms with E-state index in [1.165, 1.54) is 0 Å². The van der Waals surface area contributed by atoms with Gasteiger partial charge in [-0.15, -0.1) is 0 Å². The minimum Gasteiger partial charge on any atom is -0.391 e. The topological polar surface area (TPSA) is 77.0 Å². The zero-order valence-corrected chi connectivity index (χ0v) is 10.5. The molecular weight excluding hydrogens is 228 g/mol. The van der Waals surface area contributed by atoms with E-state index in [1.54, 1.807) is 6.20 Å². The molecule has 0 saturated heterocycles. The maximum Gasteiger partial charge on any atom is 0.202 e. The molecule has 2 unspecified atom stereocenters. The zero-order valence-electron chi connectivity index (χ0n) is 10.5. The first kappa shape index (κ1) is 11.5. The number of aromatic nitrogens is 3. The molecule has 1 aliphatic carbocycles. The summed E-state index contributed by atoms with van der Waals surface area (Å²) >= 11 is 0. The maximum atomic E-state index is 10.2. The summed E-state index contributed by atoms with van der Waals surface area (Å²) in [6.07, 6.45) is 5.39. The Bertz CT molecular complexity index is 578. The van der Waals surface area contributed by atoms with Crippen LogP contribution in [0.15, 0.2) is 12.3 Å². The number of fused-ring (bicyclic) bond motifs is 1. The van der Waals surface area contributed by atoms with Crippen LogP contribution in [-0.4, -0.2) is 25.7 Å². The number of hydrogen-bond donors (Lipinski definition) is 2. The molecule has 0 aliphatic heterocycles. The van der Waals surface area contributed by atoms with Crippen molar-refractivity contribution in [3.63, 3.8) is 0 Å². The number of aliphatic hydroxyl groups is 1. The van der Waals surface area contributed by atoms with Crippen LogP contribution in [0.1, 0.15) is 37.3 Å². The summed E-state index contributed by atoms with van der Waals surface area (Å²) in [5, 5.41) is 10.2. The lowest BCUT2D eigenvalue weighted by Crippen LogP contribution is -2.28. The van der Waals surface area contributed by atoms with Gasteiger partial charge < -0.3 is 10.8 Å². The molecule has 2 aromatic rings. The predicted octanol–water partition coefficient (Wildman–Crippen LogP) is 1.80. The van der Waals surface area contributed by atoms with Crippen LogP contribution in [0, 0.1) is 6.92 Å². The average Bonchev–Trinajstić information content (AvgIpc) is 2.68. The molecule has 1 aliphatic rings. The first-order chi connectivity index (χ1) is 8.68. The van der Waals surface area contributed by atoms with Crippen LogP contribution in [0.25, 0.3) is 11.2 Å². The van der Waals surface area contributed by atoms with Crippen molar-refractivity contribution in [1.29, 1.82) is 0 Å². The second-order valence-corrected chi connectivity index (χ2v) is 5.06. The number of anilines is 1. The van der Waals surface area contributed by atoms with Crippen LogP contribution < -0.4 is 5.73 Å². The lowest BCUT2D eigenvalue weighted by atomic mass is 9.92. The Morgan fingerprint density at radius 3 is 2.94 bits per heavy atom. The summed E-state index contributed by atoms with van der Waals surface area (Å²) < 4.78 is 1.91. The van der Waals surface area contributed by atoms with Gasteiger partial charge in [-0.1, -0.05) is 12.8 Å². The first-order valence-electron chi connectivity index (χ1n) is 6.45. The monoisotopic (exact) mass is 246 g/mol. The Labute approximate surface area is 106 Å². The normalized spacial score (nSPS) is 24.6. The van der Waals surface area contributed by atoms with Gasteiger partial charge in [0.15, 0.2) is 5.65 Å². The lowest BCUT2D eigenvalue weighted by molar-refractivity contribution is 0.0780. The van der Waals surface area contributed by atoms with Crippen LogP contribution in [0.4, 0.5) is 5.95 Å². The summed E-state index contributed by atoms with van der Waals surface area (Å²) in [5.41, 5.74) is 8.71. The number of nitrogen functional groups attached to an aromatic ring is 1. The minimum atomic E-state index is -0.347. The van der Waals surface area contributed by atoms with Crippen molar-refractivity contribution in [3.8, 4) is 0 Å². The number of pyridine rings is 1. The largest absolute Gasteiger partial charge is 0.391 e. The van der Waals surface area contributed by atoms with Crippen LogP contribution >= 0.6 is 0 Å². The molecule has 0 bridgehead atoms. The summed E-state index contributed by atoms with van der Waals surface area (Å²) in [6, 6.07) is 1.94. The highest BCUT2D eigenvalue weighted by Gasteiger charge is 2.28. The Hall–Kier alpha value is -1.62. The standard InChI is InChI=1S/C13H18N4O/c1-8-6-7-15-12-11(8)16-13(14)17(12)9-4-2-3-5-10(9)18/h6-7,9-10,18H,2-5H2,1H3,(H2,14,16). The first-order valence-corrected chi connectivity index (χ1v) is 6.45. The highest BCUT2D eigenvalue weighted by Crippen LogP contribution is 2.33. The second-order valence-electron chi connectivity index (χ2n) is 5.06. The van der Waals surface area contributed by atoms with Crippen molar-refractivity contribution < 1.29 is 5.11 Å². The molecule has 2 heterocycles. The minimum absolute atomic E-state index is 0.0121. The van der Waals surface area contributed by atoms with E-state index >= 15 is 0 Å². The van der Waals surface area contributed by atoms with Gasteiger partial charge in [-0.2, -0.15) is 0 Å². The van der Waals surface area contributed by atoms with E-state index < -0.39 is 0 Å². The number of aryl methyl sites for hydroxylation is 1. The molecule has 3 rings (SSSR count). The van der Waals surface area contributed by atoms with E-state index in [0.29, 0.717) is 5.95 Å². The lowest BCUT2D eigenvalue weighted by Gasteiger charge is -2.29. The third kappa shape index (κ3) is 1.66. The van der Waals surface area contributed by atoms with Crippen molar-refractivity contribution in [3.05, 3.63) is 17.8 Å². The third-order valence-electron chi connectivity index (χ3n) is 3.83. The van der Waals surface area contributed by atoms with Crippen molar-refractivity contribution in [2.75, 3.05) is 5.73 Å². The van der Waals surface area contributed by atoms with Gasteiger partial charge in [0.25, 0.3) is 0 Å². The average molecular weight is 246 g/mol. The van der Waals surface area contributed by atoms with Crippen molar-refractivity contribution >= 4 is 17.1 Å². The van der Waals surface area contributed by atoms with Crippen molar-refractivity contribution in [1.82, 2.24) is 14.5 Å². The van der Waals surface area contributed by atoms with Crippen LogP contribution in [0.2, 0.25) is 0 Å². The van der Waals surface area contributed by atoms with E-state index in [2.05, 4.69) is 9.97 Å². The van der Waals surface area contributed by atoms with E-state index in [9.17, 15) is 5.11 Å². The molecule has 1 saturated carbocycles. The zero-order chi connectivity index (χ0) is 12.7. The maximum absolute atomic E-state index is 10.2. The third-order valence-corrected chi connectivity index (χ3v) is 3.83. The summed E-state index contributed by atoms with van der Waals surface area (Å²) in [4.78, 5) is 8.77. The quantitative estimate of drug-likeness (QED) is 0.804. The molecular formula is C13H18N4O. The van der Waals surface area contributed by atoms with E-state index in [4.69, 9.17) is 5.73 Å². The molecule has 2 atom stereocenters. The van der Waals surface area contributed by atoms with Gasteiger partial charge in [0, 0.05) is 6.20 Å². The van der Waals surface area contributed by atoms with E-state index in [0.717, 1.165) is 42.4 Å². The Morgan fingerprint density at radius 2 is 2.17 bits per heavy atom. The number of nitrogens with two attached hydrogens (primary N) is 1. The number of imidazole rings is 1. The molecule has 2 aromatic heterocycles. The van der Waals surface area contributed by atoms with Crippen molar-refractivity contribution in [2.24, 2.45) is 0 Å². The van der Waals surface area contributed by atoms with Gasteiger partial charge in [-0.25, -0.2) is 9.97 Å². The summed E-state index contributed by atoms with van der Waals surface area (Å²) in [7, 11) is 0. The molecule has 5 heteroatoms. The number of nitrogens with zero attached hydrogens (tertiary/aromatic N) is 3. The van der Waals surface area contributed by atoms with Gasteiger partial charge in [0.05, 0.1) is 12.1 Å². The van der Waals surface area contributed by atoms with Gasteiger partial charge >= 0.3 is 0 Å². The van der Waals surface area contributed by atoms with Crippen LogP contribution in [-0.2, 0) is 0 Å². The molecule has 3 N–H and O–H groups in total. The Kier molecular flexibility index (Phi) is 2.70. The van der Waals surface area contributed by atoms with E-state index in [-0.39, 0.29) is 12.1 Å². The Balaban J connectivity index is 2.16. The molecule has 0 spiro atoms. The highest BCUT2D eigenvalue weighted by molar-refractivity contribution is 5.77. The van der Waals surface area contributed by atoms with Gasteiger partial charge in [-0.05, 0) is 31.4 Å².